The molecule has 1 aliphatic carbocycles. The third-order valence-corrected chi connectivity index (χ3v) is 13.6. The Kier molecular flexibility index (Phi) is 10.9. The second kappa shape index (κ2) is 14.9. The number of ether oxygens (including phenoxy) is 1. The fraction of sp³-hybridized carbons (Fsp3) is 0.237. The van der Waals surface area contributed by atoms with Crippen LogP contribution < -0.4 is 20.0 Å². The monoisotopic (exact) mass is 764 g/mol. The molecule has 4 aromatic rings. The summed E-state index contributed by atoms with van der Waals surface area (Å²) in [6.45, 7) is 5.26. The molecule has 7 nitrogen and oxygen atoms in total. The summed E-state index contributed by atoms with van der Waals surface area (Å²) in [5.41, 5.74) is 1.62. The van der Waals surface area contributed by atoms with E-state index in [4.69, 9.17) is 14.9 Å². The number of anilines is 1. The van der Waals surface area contributed by atoms with Gasteiger partial charge in [0.1, 0.15) is 29.5 Å². The molecule has 3 aromatic carbocycles. The predicted molar refractivity (Wildman–Crippen MR) is 191 cm³/mol. The number of aliphatic hydroxyl groups is 1. The van der Waals surface area contributed by atoms with Crippen LogP contribution in [0.3, 0.4) is 0 Å². The Labute approximate surface area is 306 Å². The Bertz CT molecular complexity index is 2110. The van der Waals surface area contributed by atoms with E-state index >= 15 is 0 Å². The van der Waals surface area contributed by atoms with Gasteiger partial charge in [-0.3, -0.25) is 0 Å². The van der Waals surface area contributed by atoms with E-state index in [1.807, 2.05) is 86.3 Å². The molecule has 1 aromatic heterocycles. The zero-order chi connectivity index (χ0) is 38.7. The molecule has 1 heterocycles. The molecule has 272 valence electrons. The third kappa shape index (κ3) is 6.83. The van der Waals surface area contributed by atoms with Gasteiger partial charge in [0.2, 0.25) is 0 Å². The van der Waals surface area contributed by atoms with E-state index in [1.165, 1.54) is 23.5 Å². The number of benzene rings is 3. The fourth-order valence-corrected chi connectivity index (χ4v) is 9.44. The minimum atomic E-state index is -5.68. The number of likely N-dealkylation sites (N-methyl/N-ethyl adjacent to an activating group) is 1. The lowest BCUT2D eigenvalue weighted by Crippen LogP contribution is -2.88. The van der Waals surface area contributed by atoms with Crippen molar-refractivity contribution in [1.82, 2.24) is 0 Å². The van der Waals surface area contributed by atoms with Crippen molar-refractivity contribution in [3.63, 3.8) is 0 Å². The minimum Gasteiger partial charge on any atom is -0.448 e. The van der Waals surface area contributed by atoms with Crippen molar-refractivity contribution in [2.45, 2.75) is 37.0 Å². The number of alkyl halides is 6. The number of nitrogens with zero attached hydrogens (tertiary/aromatic N) is 4. The Hall–Kier alpha value is -5.37. The van der Waals surface area contributed by atoms with Crippen molar-refractivity contribution >= 4 is 53.4 Å². The zero-order valence-corrected chi connectivity index (χ0v) is 30.0. The molecule has 0 saturated heterocycles. The van der Waals surface area contributed by atoms with Crippen LogP contribution in [0.15, 0.2) is 96.6 Å². The quantitative estimate of drug-likeness (QED) is 0.0855. The number of allylic oxidation sites excluding steroid dienone is 2. The number of hydrogen-bond donors (Lipinski definition) is 1. The van der Waals surface area contributed by atoms with E-state index in [0.29, 0.717) is 23.2 Å². The summed E-state index contributed by atoms with van der Waals surface area (Å²) >= 11 is 1.28. The third-order valence-electron chi connectivity index (χ3n) is 8.92. The Morgan fingerprint density at radius 3 is 2.00 bits per heavy atom. The van der Waals surface area contributed by atoms with Gasteiger partial charge in [-0.1, -0.05) is 60.7 Å². The van der Waals surface area contributed by atoms with Gasteiger partial charge >= 0.3 is 23.6 Å². The summed E-state index contributed by atoms with van der Waals surface area (Å²) in [5, 5.41) is 38.3. The van der Waals surface area contributed by atoms with Crippen LogP contribution in [0.1, 0.15) is 22.2 Å². The summed E-state index contributed by atoms with van der Waals surface area (Å²) in [4.78, 5) is 3.45. The fourth-order valence-electron chi connectivity index (χ4n) is 5.73. The topological polar surface area (TPSA) is 113 Å². The van der Waals surface area contributed by atoms with Crippen LogP contribution in [-0.4, -0.2) is 56.7 Å². The van der Waals surface area contributed by atoms with Gasteiger partial charge in [-0.15, -0.1) is 11.3 Å². The minimum absolute atomic E-state index is 0.0346. The van der Waals surface area contributed by atoms with E-state index in [2.05, 4.69) is 9.64 Å². The van der Waals surface area contributed by atoms with Crippen LogP contribution >= 0.6 is 11.3 Å². The maximum absolute atomic E-state index is 14.7. The molecule has 53 heavy (non-hydrogen) atoms. The maximum Gasteiger partial charge on any atom is 0.390 e. The van der Waals surface area contributed by atoms with Crippen LogP contribution in [0.4, 0.5) is 32.0 Å². The summed E-state index contributed by atoms with van der Waals surface area (Å²) in [6, 6.07) is 30.7. The van der Waals surface area contributed by atoms with Crippen molar-refractivity contribution in [3.05, 3.63) is 112 Å². The standard InChI is InChI=1S/C38H30F6N4O3SSi/c1-3-48(28-12-9-26(10-13-28)11-16-30-17-20-34(52-30)33(25-47)27(23-45)24-46)21-22-50-53(2,31-7-5-4-6-8-31)32-18-14-29(15-19-32)51-38(44)36(41,42)35(39,40)37(38,43)49/h4-20,49H,3,21-22H2,1-2H3/b16-11+. The summed E-state index contributed by atoms with van der Waals surface area (Å²) in [5.74, 6) is -22.3. The average Bonchev–Trinajstić information content (AvgIpc) is 3.63. The Morgan fingerprint density at radius 2 is 1.43 bits per heavy atom. The Balaban J connectivity index is 1.27. The number of hydrogen-bond acceptors (Lipinski definition) is 8. The van der Waals surface area contributed by atoms with Crippen molar-refractivity contribution in [1.29, 1.82) is 15.8 Å². The molecule has 0 bridgehead atoms. The van der Waals surface area contributed by atoms with Gasteiger partial charge in [0.15, 0.2) is 0 Å². The molecule has 1 aliphatic rings. The van der Waals surface area contributed by atoms with E-state index < -0.39 is 37.6 Å². The molecule has 0 aliphatic heterocycles. The highest BCUT2D eigenvalue weighted by Gasteiger charge is 3.01. The molecule has 5 rings (SSSR count). The first-order valence-corrected chi connectivity index (χ1v) is 19.3. The smallest absolute Gasteiger partial charge is 0.390 e. The van der Waals surface area contributed by atoms with Gasteiger partial charge in [-0.25, -0.2) is 0 Å². The molecule has 0 amide bonds. The van der Waals surface area contributed by atoms with Gasteiger partial charge in [0, 0.05) is 28.5 Å². The highest BCUT2D eigenvalue weighted by atomic mass is 32.1. The van der Waals surface area contributed by atoms with E-state index in [0.717, 1.165) is 33.4 Å². The highest BCUT2D eigenvalue weighted by Crippen LogP contribution is 2.66. The molecular weight excluding hydrogens is 735 g/mol. The van der Waals surface area contributed by atoms with Crippen LogP contribution in [-0.2, 0) is 4.43 Å². The van der Waals surface area contributed by atoms with Crippen molar-refractivity contribution in [2.75, 3.05) is 24.6 Å². The Morgan fingerprint density at radius 1 is 0.811 bits per heavy atom. The molecule has 0 radical (unpaired) electrons. The normalized spacial score (nSPS) is 20.9. The molecule has 1 saturated carbocycles. The average molecular weight is 765 g/mol. The largest absolute Gasteiger partial charge is 0.448 e. The number of nitriles is 3. The van der Waals surface area contributed by atoms with Gasteiger partial charge in [0.25, 0.3) is 8.32 Å². The van der Waals surface area contributed by atoms with Crippen molar-refractivity contribution in [3.8, 4) is 24.0 Å². The van der Waals surface area contributed by atoms with Gasteiger partial charge in [-0.2, -0.15) is 42.1 Å². The second-order valence-electron chi connectivity index (χ2n) is 12.0. The lowest BCUT2D eigenvalue weighted by molar-refractivity contribution is -0.535. The van der Waals surface area contributed by atoms with Crippen LogP contribution in [0, 0.1) is 34.0 Å². The summed E-state index contributed by atoms with van der Waals surface area (Å²) in [6.07, 6.45) is 3.77. The van der Waals surface area contributed by atoms with E-state index in [9.17, 15) is 36.7 Å². The lowest BCUT2D eigenvalue weighted by atomic mass is 9.76. The first-order chi connectivity index (χ1) is 25.1. The molecule has 3 unspecified atom stereocenters. The van der Waals surface area contributed by atoms with Crippen molar-refractivity contribution < 1.29 is 40.6 Å². The number of halogens is 6. The van der Waals surface area contributed by atoms with Gasteiger partial charge in [0.05, 0.1) is 12.2 Å². The van der Waals surface area contributed by atoms with E-state index in [-0.39, 0.29) is 17.8 Å². The number of thiophene rings is 1. The van der Waals surface area contributed by atoms with Crippen LogP contribution in [0.2, 0.25) is 6.55 Å². The molecule has 1 fully saturated rings. The first-order valence-electron chi connectivity index (χ1n) is 16.0. The first kappa shape index (κ1) is 38.8. The molecule has 0 spiro atoms. The molecule has 3 atom stereocenters. The summed E-state index contributed by atoms with van der Waals surface area (Å²) in [7, 11) is -3.04. The van der Waals surface area contributed by atoms with E-state index in [1.54, 1.807) is 24.3 Å². The molecule has 1 N–H and O–H groups in total. The van der Waals surface area contributed by atoms with Crippen LogP contribution in [0.25, 0.3) is 17.7 Å². The second-order valence-corrected chi connectivity index (χ2v) is 16.7. The zero-order valence-electron chi connectivity index (χ0n) is 28.2. The highest BCUT2D eigenvalue weighted by molar-refractivity contribution is 7.14. The molecular formula is C38H30F6N4O3SSi. The maximum atomic E-state index is 14.7. The SMILES string of the molecule is CCN(CCO[Si](C)(c1ccccc1)c1ccc(OC2(F)C(O)(F)C(F)(F)C2(F)F)cc1)c1ccc(/C=C/c2ccc(C(C#N)=C(C#N)C#N)s2)cc1. The molecule has 15 heteroatoms. The number of rotatable bonds is 13. The summed E-state index contributed by atoms with van der Waals surface area (Å²) < 4.78 is 94.4. The predicted octanol–water partition coefficient (Wildman–Crippen LogP) is 7.46. The van der Waals surface area contributed by atoms with Crippen molar-refractivity contribution in [2.24, 2.45) is 0 Å². The van der Waals surface area contributed by atoms with Crippen LogP contribution in [0.5, 0.6) is 5.75 Å². The van der Waals surface area contributed by atoms with Gasteiger partial charge < -0.3 is 19.2 Å². The lowest BCUT2D eigenvalue weighted by Gasteiger charge is -2.53. The van der Waals surface area contributed by atoms with Gasteiger partial charge in [-0.05, 0) is 71.9 Å².